The van der Waals surface area contributed by atoms with Crippen LogP contribution in [0.15, 0.2) is 18.2 Å². The Morgan fingerprint density at radius 2 is 1.67 bits per heavy atom. The third-order valence-electron chi connectivity index (χ3n) is 3.36. The van der Waals surface area contributed by atoms with E-state index in [1.165, 1.54) is 12.1 Å². The smallest absolute Gasteiger partial charge is 0.368 e. The second kappa shape index (κ2) is 4.80. The molecule has 18 heavy (non-hydrogen) atoms. The van der Waals surface area contributed by atoms with Gasteiger partial charge in [-0.25, -0.2) is 0 Å². The number of piperazine rings is 1. The molecule has 0 N–H and O–H groups in total. The standard InChI is InChI=1S/C13H17F3N2/c1-10-4-3-5-11(13(14,15)16)12(10)18-8-6-17(2)7-9-18/h3-5H,6-9H2,1-2H3. The Labute approximate surface area is 105 Å². The molecule has 0 amide bonds. The first kappa shape index (κ1) is 13.2. The molecule has 0 radical (unpaired) electrons. The number of nitrogens with zero attached hydrogens (tertiary/aromatic N) is 2. The Balaban J connectivity index is 2.37. The number of hydrogen-bond acceptors (Lipinski definition) is 2. The highest BCUT2D eigenvalue weighted by Crippen LogP contribution is 2.38. The Bertz CT molecular complexity index is 421. The van der Waals surface area contributed by atoms with Gasteiger partial charge in [0.2, 0.25) is 0 Å². The Morgan fingerprint density at radius 1 is 1.06 bits per heavy atom. The van der Waals surface area contributed by atoms with E-state index in [0.717, 1.165) is 13.1 Å². The maximum Gasteiger partial charge on any atom is 0.418 e. The molecule has 1 aromatic carbocycles. The maximum absolute atomic E-state index is 13.0. The summed E-state index contributed by atoms with van der Waals surface area (Å²) in [7, 11) is 1.99. The third-order valence-corrected chi connectivity index (χ3v) is 3.36. The van der Waals surface area contributed by atoms with E-state index in [-0.39, 0.29) is 0 Å². The van der Waals surface area contributed by atoms with Crippen molar-refractivity contribution in [3.63, 3.8) is 0 Å². The van der Waals surface area contributed by atoms with E-state index in [0.29, 0.717) is 24.3 Å². The van der Waals surface area contributed by atoms with E-state index in [4.69, 9.17) is 0 Å². The van der Waals surface area contributed by atoms with Crippen molar-refractivity contribution in [1.82, 2.24) is 4.90 Å². The Kier molecular flexibility index (Phi) is 3.52. The lowest BCUT2D eigenvalue weighted by Gasteiger charge is -2.36. The number of alkyl halides is 3. The van der Waals surface area contributed by atoms with Crippen molar-refractivity contribution in [3.8, 4) is 0 Å². The number of benzene rings is 1. The molecular weight excluding hydrogens is 241 g/mol. The van der Waals surface area contributed by atoms with Crippen LogP contribution in [-0.4, -0.2) is 38.1 Å². The normalized spacial score (nSPS) is 18.2. The van der Waals surface area contributed by atoms with Crippen molar-refractivity contribution in [1.29, 1.82) is 0 Å². The summed E-state index contributed by atoms with van der Waals surface area (Å²) < 4.78 is 39.1. The van der Waals surface area contributed by atoms with Crippen molar-refractivity contribution < 1.29 is 13.2 Å². The quantitative estimate of drug-likeness (QED) is 0.764. The molecule has 1 aliphatic rings. The van der Waals surface area contributed by atoms with E-state index in [2.05, 4.69) is 4.90 Å². The number of likely N-dealkylation sites (N-methyl/N-ethyl adjacent to an activating group) is 1. The molecule has 0 unspecified atom stereocenters. The van der Waals surface area contributed by atoms with E-state index in [9.17, 15) is 13.2 Å². The summed E-state index contributed by atoms with van der Waals surface area (Å²) >= 11 is 0. The molecule has 0 bridgehead atoms. The van der Waals surface area contributed by atoms with Crippen molar-refractivity contribution in [2.75, 3.05) is 38.1 Å². The molecule has 1 aromatic rings. The number of hydrogen-bond donors (Lipinski definition) is 0. The summed E-state index contributed by atoms with van der Waals surface area (Å²) in [6, 6.07) is 4.38. The fraction of sp³-hybridized carbons (Fsp3) is 0.538. The zero-order chi connectivity index (χ0) is 13.3. The molecular formula is C13H17F3N2. The fourth-order valence-corrected chi connectivity index (χ4v) is 2.34. The van der Waals surface area contributed by atoms with Gasteiger partial charge in [-0.1, -0.05) is 12.1 Å². The first-order valence-electron chi connectivity index (χ1n) is 6.00. The van der Waals surface area contributed by atoms with Crippen molar-refractivity contribution in [2.24, 2.45) is 0 Å². The van der Waals surface area contributed by atoms with Crippen molar-refractivity contribution in [2.45, 2.75) is 13.1 Å². The van der Waals surface area contributed by atoms with Crippen LogP contribution in [0.25, 0.3) is 0 Å². The van der Waals surface area contributed by atoms with Gasteiger partial charge in [-0.2, -0.15) is 13.2 Å². The first-order valence-corrected chi connectivity index (χ1v) is 6.00. The number of halogens is 3. The van der Waals surface area contributed by atoms with Gasteiger partial charge in [-0.3, -0.25) is 0 Å². The van der Waals surface area contributed by atoms with Gasteiger partial charge in [0.1, 0.15) is 0 Å². The fourth-order valence-electron chi connectivity index (χ4n) is 2.34. The summed E-state index contributed by atoms with van der Waals surface area (Å²) in [5.74, 6) is 0. The molecule has 1 saturated heterocycles. The van der Waals surface area contributed by atoms with Gasteiger partial charge in [0.25, 0.3) is 0 Å². The summed E-state index contributed by atoms with van der Waals surface area (Å²) in [5, 5.41) is 0. The average Bonchev–Trinajstić information content (AvgIpc) is 2.29. The number of aryl methyl sites for hydroxylation is 1. The topological polar surface area (TPSA) is 6.48 Å². The molecule has 2 nitrogen and oxygen atoms in total. The third kappa shape index (κ3) is 2.61. The van der Waals surface area contributed by atoms with Crippen LogP contribution in [0.2, 0.25) is 0 Å². The van der Waals surface area contributed by atoms with E-state index in [1.807, 2.05) is 11.9 Å². The largest absolute Gasteiger partial charge is 0.418 e. The minimum atomic E-state index is -4.29. The van der Waals surface area contributed by atoms with Crippen LogP contribution in [0.4, 0.5) is 18.9 Å². The van der Waals surface area contributed by atoms with Gasteiger partial charge in [-0.05, 0) is 25.6 Å². The van der Waals surface area contributed by atoms with Crippen molar-refractivity contribution in [3.05, 3.63) is 29.3 Å². The van der Waals surface area contributed by atoms with Gasteiger partial charge >= 0.3 is 6.18 Å². The van der Waals surface area contributed by atoms with Crippen LogP contribution < -0.4 is 4.90 Å². The molecule has 0 spiro atoms. The van der Waals surface area contributed by atoms with E-state index in [1.54, 1.807) is 13.0 Å². The minimum absolute atomic E-state index is 0.345. The van der Waals surface area contributed by atoms with Crippen LogP contribution in [0.3, 0.4) is 0 Å². The Hall–Kier alpha value is -1.23. The summed E-state index contributed by atoms with van der Waals surface area (Å²) in [6.07, 6.45) is -4.29. The highest BCUT2D eigenvalue weighted by Gasteiger charge is 2.35. The van der Waals surface area contributed by atoms with Crippen LogP contribution in [0.5, 0.6) is 0 Å². The van der Waals surface area contributed by atoms with E-state index >= 15 is 0 Å². The molecule has 2 rings (SSSR count). The molecule has 0 aliphatic carbocycles. The van der Waals surface area contributed by atoms with E-state index < -0.39 is 11.7 Å². The first-order chi connectivity index (χ1) is 8.39. The minimum Gasteiger partial charge on any atom is -0.368 e. The highest BCUT2D eigenvalue weighted by atomic mass is 19.4. The molecule has 1 heterocycles. The van der Waals surface area contributed by atoms with Gasteiger partial charge in [-0.15, -0.1) is 0 Å². The second-order valence-electron chi connectivity index (χ2n) is 4.76. The average molecular weight is 258 g/mol. The van der Waals surface area contributed by atoms with Gasteiger partial charge in [0.05, 0.1) is 11.3 Å². The molecule has 1 fully saturated rings. The number of anilines is 1. The monoisotopic (exact) mass is 258 g/mol. The van der Waals surface area contributed by atoms with Crippen LogP contribution in [0.1, 0.15) is 11.1 Å². The Morgan fingerprint density at radius 3 is 2.22 bits per heavy atom. The van der Waals surface area contributed by atoms with Crippen molar-refractivity contribution >= 4 is 5.69 Å². The second-order valence-corrected chi connectivity index (χ2v) is 4.76. The van der Waals surface area contributed by atoms with Gasteiger partial charge < -0.3 is 9.80 Å². The zero-order valence-corrected chi connectivity index (χ0v) is 10.6. The van der Waals surface area contributed by atoms with Gasteiger partial charge in [0.15, 0.2) is 0 Å². The summed E-state index contributed by atoms with van der Waals surface area (Å²) in [5.41, 5.74) is 0.513. The highest BCUT2D eigenvalue weighted by molar-refractivity contribution is 5.60. The predicted molar refractivity (Wildman–Crippen MR) is 65.9 cm³/mol. The molecule has 1 aliphatic heterocycles. The summed E-state index contributed by atoms with van der Waals surface area (Å²) in [4.78, 5) is 3.97. The maximum atomic E-state index is 13.0. The number of para-hydroxylation sites is 1. The lowest BCUT2D eigenvalue weighted by Crippen LogP contribution is -2.45. The van der Waals surface area contributed by atoms with Crippen LogP contribution in [-0.2, 0) is 6.18 Å². The molecule has 0 atom stereocenters. The zero-order valence-electron chi connectivity index (χ0n) is 10.6. The molecule has 0 aromatic heterocycles. The lowest BCUT2D eigenvalue weighted by atomic mass is 10.1. The van der Waals surface area contributed by atoms with Gasteiger partial charge in [0, 0.05) is 26.2 Å². The SMILES string of the molecule is Cc1cccc(C(F)(F)F)c1N1CCN(C)CC1. The molecule has 0 saturated carbocycles. The summed E-state index contributed by atoms with van der Waals surface area (Å²) in [6.45, 7) is 4.62. The molecule has 100 valence electrons. The lowest BCUT2D eigenvalue weighted by molar-refractivity contribution is -0.137. The van der Waals surface area contributed by atoms with Crippen LogP contribution >= 0.6 is 0 Å². The number of rotatable bonds is 1. The predicted octanol–water partition coefficient (Wildman–Crippen LogP) is 2.77. The molecule has 5 heteroatoms. The van der Waals surface area contributed by atoms with Crippen LogP contribution in [0, 0.1) is 6.92 Å².